The Balaban J connectivity index is 1.76. The molecule has 2 amide bonds. The van der Waals surface area contributed by atoms with Crippen molar-refractivity contribution < 1.29 is 9.59 Å². The molecule has 0 saturated carbocycles. The van der Waals surface area contributed by atoms with Crippen LogP contribution in [-0.4, -0.2) is 34.8 Å². The van der Waals surface area contributed by atoms with Gasteiger partial charge in [0.15, 0.2) is 0 Å². The van der Waals surface area contributed by atoms with Crippen LogP contribution in [0.3, 0.4) is 0 Å². The molecule has 0 spiro atoms. The van der Waals surface area contributed by atoms with Crippen molar-refractivity contribution in [1.29, 1.82) is 0 Å². The average molecular weight is 524 g/mol. The maximum absolute atomic E-state index is 13.6. The molecule has 0 aliphatic carbocycles. The number of thiophene rings is 1. The first-order valence-corrected chi connectivity index (χ1v) is 13.0. The average Bonchev–Trinajstić information content (AvgIpc) is 3.22. The third-order valence-corrected chi connectivity index (χ3v) is 7.67. The van der Waals surface area contributed by atoms with Gasteiger partial charge < -0.3 is 10.2 Å². The minimum absolute atomic E-state index is 0.0634. The van der Waals surface area contributed by atoms with Crippen LogP contribution in [0.1, 0.15) is 35.9 Å². The summed E-state index contributed by atoms with van der Waals surface area (Å²) in [6.07, 6.45) is 3.10. The van der Waals surface area contributed by atoms with Gasteiger partial charge in [0.25, 0.3) is 5.91 Å². The lowest BCUT2D eigenvalue weighted by Gasteiger charge is -2.26. The van der Waals surface area contributed by atoms with Gasteiger partial charge in [0, 0.05) is 41.0 Å². The number of hydrogen-bond acceptors (Lipinski definition) is 4. The van der Waals surface area contributed by atoms with E-state index in [4.69, 9.17) is 28.2 Å². The number of aromatic nitrogens is 1. The quantitative estimate of drug-likeness (QED) is 0.300. The van der Waals surface area contributed by atoms with Gasteiger partial charge in [0.1, 0.15) is 9.71 Å². The van der Waals surface area contributed by atoms with E-state index in [-0.39, 0.29) is 11.8 Å². The van der Waals surface area contributed by atoms with Crippen molar-refractivity contribution >= 4 is 62.3 Å². The summed E-state index contributed by atoms with van der Waals surface area (Å²) in [4.78, 5) is 33.8. The molecule has 2 aromatic heterocycles. The Bertz CT molecular complexity index is 1410. The number of pyridine rings is 1. The second-order valence-electron chi connectivity index (χ2n) is 8.59. The number of amides is 2. The molecule has 178 valence electrons. The maximum atomic E-state index is 13.6. The first-order chi connectivity index (χ1) is 16.9. The number of nitrogens with zero attached hydrogens (tertiary/aromatic N) is 2. The third-order valence-electron chi connectivity index (χ3n) is 6.10. The Morgan fingerprint density at radius 2 is 1.51 bits per heavy atom. The number of anilines is 1. The van der Waals surface area contributed by atoms with Crippen LogP contribution < -0.4 is 5.32 Å². The van der Waals surface area contributed by atoms with E-state index in [9.17, 15) is 9.59 Å². The maximum Gasteiger partial charge on any atom is 0.266 e. The van der Waals surface area contributed by atoms with Crippen LogP contribution >= 0.6 is 34.5 Å². The Labute approximate surface area is 217 Å². The van der Waals surface area contributed by atoms with Gasteiger partial charge in [-0.2, -0.15) is 0 Å². The van der Waals surface area contributed by atoms with Crippen LogP contribution in [0.2, 0.25) is 10.0 Å². The molecule has 1 fully saturated rings. The molecule has 3 heterocycles. The normalized spacial score (nSPS) is 13.7. The predicted octanol–water partition coefficient (Wildman–Crippen LogP) is 7.52. The molecule has 1 aliphatic heterocycles. The molecule has 0 atom stereocenters. The summed E-state index contributed by atoms with van der Waals surface area (Å²) < 4.78 is 0. The van der Waals surface area contributed by atoms with Crippen molar-refractivity contribution in [2.24, 2.45) is 0 Å². The highest BCUT2D eigenvalue weighted by molar-refractivity contribution is 7.21. The summed E-state index contributed by atoms with van der Waals surface area (Å²) in [7, 11) is 0. The number of rotatable bonds is 4. The second kappa shape index (κ2) is 9.97. The predicted molar refractivity (Wildman–Crippen MR) is 145 cm³/mol. The van der Waals surface area contributed by atoms with Gasteiger partial charge in [-0.25, -0.2) is 4.98 Å². The third kappa shape index (κ3) is 4.92. The zero-order chi connectivity index (χ0) is 24.5. The summed E-state index contributed by atoms with van der Waals surface area (Å²) in [5.41, 5.74) is 3.97. The van der Waals surface area contributed by atoms with Gasteiger partial charge >= 0.3 is 0 Å². The van der Waals surface area contributed by atoms with Gasteiger partial charge in [-0.3, -0.25) is 9.59 Å². The van der Waals surface area contributed by atoms with Crippen molar-refractivity contribution in [2.75, 3.05) is 18.4 Å². The number of piperidine rings is 1. The molecule has 4 aromatic rings. The Hall–Kier alpha value is -2.93. The fourth-order valence-corrected chi connectivity index (χ4v) is 5.79. The van der Waals surface area contributed by atoms with E-state index in [1.54, 1.807) is 0 Å². The number of likely N-dealkylation sites (tertiary alicyclic amines) is 1. The van der Waals surface area contributed by atoms with E-state index in [0.717, 1.165) is 60.1 Å². The molecule has 1 aliphatic rings. The van der Waals surface area contributed by atoms with E-state index >= 15 is 0 Å². The lowest BCUT2D eigenvalue weighted by molar-refractivity contribution is -0.114. The van der Waals surface area contributed by atoms with Gasteiger partial charge in [-0.15, -0.1) is 11.3 Å². The number of nitrogens with one attached hydrogen (secondary N) is 1. The fourth-order valence-electron chi connectivity index (χ4n) is 4.41. The Morgan fingerprint density at radius 3 is 2.11 bits per heavy atom. The van der Waals surface area contributed by atoms with Crippen molar-refractivity contribution in [3.63, 3.8) is 0 Å². The molecule has 5 rings (SSSR count). The zero-order valence-electron chi connectivity index (χ0n) is 19.1. The van der Waals surface area contributed by atoms with E-state index in [1.165, 1.54) is 18.3 Å². The monoisotopic (exact) mass is 523 g/mol. The topological polar surface area (TPSA) is 62.3 Å². The van der Waals surface area contributed by atoms with Crippen molar-refractivity contribution in [3.8, 4) is 22.4 Å². The van der Waals surface area contributed by atoms with Crippen molar-refractivity contribution in [3.05, 3.63) is 69.5 Å². The molecule has 0 bridgehead atoms. The molecular weight excluding hydrogens is 501 g/mol. The number of carbonyl (C=O) groups excluding carboxylic acids is 2. The van der Waals surface area contributed by atoms with Crippen LogP contribution in [0.15, 0.2) is 54.6 Å². The molecule has 1 saturated heterocycles. The van der Waals surface area contributed by atoms with Crippen molar-refractivity contribution in [2.45, 2.75) is 26.2 Å². The summed E-state index contributed by atoms with van der Waals surface area (Å²) in [5, 5.41) is 4.97. The van der Waals surface area contributed by atoms with Crippen molar-refractivity contribution in [1.82, 2.24) is 9.88 Å². The fraction of sp³-hybridized carbons (Fsp3) is 0.222. The first kappa shape index (κ1) is 23.8. The van der Waals surface area contributed by atoms with E-state index < -0.39 is 0 Å². The van der Waals surface area contributed by atoms with E-state index in [0.29, 0.717) is 25.4 Å². The second-order valence-corrected chi connectivity index (χ2v) is 10.5. The first-order valence-electron chi connectivity index (χ1n) is 11.5. The molecule has 0 radical (unpaired) electrons. The lowest BCUT2D eigenvalue weighted by atomic mass is 9.99. The molecule has 5 nitrogen and oxygen atoms in total. The number of fused-ring (bicyclic) bond motifs is 1. The summed E-state index contributed by atoms with van der Waals surface area (Å²) in [5.74, 6) is -0.298. The van der Waals surface area contributed by atoms with Gasteiger partial charge in [0.05, 0.1) is 11.4 Å². The lowest BCUT2D eigenvalue weighted by Crippen LogP contribution is -2.35. The number of hydrogen-bond donors (Lipinski definition) is 1. The summed E-state index contributed by atoms with van der Waals surface area (Å²) in [6.45, 7) is 2.90. The number of carbonyl (C=O) groups is 2. The standard InChI is InChI=1S/C27H23Cl2N3O2S/c1-16(33)30-24-23-21(17-5-9-19(28)10-6-17)15-22(18-7-11-20(29)12-8-18)31-26(23)35-25(24)27(34)32-13-3-2-4-14-32/h5-12,15H,2-4,13-14H2,1H3,(H,30,33). The van der Waals surface area contributed by atoms with Crippen LogP contribution in [-0.2, 0) is 4.79 Å². The van der Waals surface area contributed by atoms with Crippen LogP contribution in [0.5, 0.6) is 0 Å². The number of halogens is 2. The van der Waals surface area contributed by atoms with Gasteiger partial charge in [-0.1, -0.05) is 47.5 Å². The molecule has 2 aromatic carbocycles. The summed E-state index contributed by atoms with van der Waals surface area (Å²) >= 11 is 13.6. The van der Waals surface area contributed by atoms with E-state index in [2.05, 4.69) is 5.32 Å². The molecule has 0 unspecified atom stereocenters. The molecule has 35 heavy (non-hydrogen) atoms. The smallest absolute Gasteiger partial charge is 0.266 e. The highest BCUT2D eigenvalue weighted by Gasteiger charge is 2.28. The minimum atomic E-state index is -0.235. The molecule has 8 heteroatoms. The van der Waals surface area contributed by atoms with E-state index in [1.807, 2.05) is 59.5 Å². The van der Waals surface area contributed by atoms with Crippen LogP contribution in [0.4, 0.5) is 5.69 Å². The molecule has 1 N–H and O–H groups in total. The number of benzene rings is 2. The highest BCUT2D eigenvalue weighted by Crippen LogP contribution is 2.43. The summed E-state index contributed by atoms with van der Waals surface area (Å²) in [6, 6.07) is 17.0. The Kier molecular flexibility index (Phi) is 6.78. The van der Waals surface area contributed by atoms with Crippen LogP contribution in [0.25, 0.3) is 32.6 Å². The molecular formula is C27H23Cl2N3O2S. The van der Waals surface area contributed by atoms with Crippen LogP contribution in [0, 0.1) is 0 Å². The SMILES string of the molecule is CC(=O)Nc1c(C(=O)N2CCCCC2)sc2nc(-c3ccc(Cl)cc3)cc(-c3ccc(Cl)cc3)c12. The van der Waals surface area contributed by atoms with Gasteiger partial charge in [-0.05, 0) is 60.7 Å². The van der Waals surface area contributed by atoms with Gasteiger partial charge in [0.2, 0.25) is 5.91 Å². The Morgan fingerprint density at radius 1 is 0.914 bits per heavy atom. The zero-order valence-corrected chi connectivity index (χ0v) is 21.4. The largest absolute Gasteiger partial charge is 0.338 e. The highest BCUT2D eigenvalue weighted by atomic mass is 35.5. The minimum Gasteiger partial charge on any atom is -0.338 e.